The van der Waals surface area contributed by atoms with E-state index in [1.807, 2.05) is 0 Å². The van der Waals surface area contributed by atoms with Gasteiger partial charge in [0.1, 0.15) is 23.9 Å². The van der Waals surface area contributed by atoms with Crippen LogP contribution in [0.5, 0.6) is 5.88 Å². The summed E-state index contributed by atoms with van der Waals surface area (Å²) in [7, 11) is 0. The van der Waals surface area contributed by atoms with Crippen LogP contribution in [-0.4, -0.2) is 24.2 Å². The summed E-state index contributed by atoms with van der Waals surface area (Å²) in [5, 5.41) is 12.0. The molecule has 7 heteroatoms. The highest BCUT2D eigenvalue weighted by Crippen LogP contribution is 2.30. The van der Waals surface area contributed by atoms with Crippen molar-refractivity contribution in [2.24, 2.45) is 0 Å². The summed E-state index contributed by atoms with van der Waals surface area (Å²) >= 11 is 0. The smallest absolute Gasteiger partial charge is 0.433 e. The van der Waals surface area contributed by atoms with E-state index in [1.165, 1.54) is 0 Å². The molecule has 1 aliphatic rings. The Balaban J connectivity index is 2.14. The normalized spacial score (nSPS) is 19.2. The van der Waals surface area contributed by atoms with Gasteiger partial charge in [0, 0.05) is 6.04 Å². The molecule has 1 atom stereocenters. The number of hydrogen-bond donors (Lipinski definition) is 1. The predicted octanol–water partition coefficient (Wildman–Crippen LogP) is 2.10. The highest BCUT2D eigenvalue weighted by molar-refractivity contribution is 5.39. The lowest BCUT2D eigenvalue weighted by molar-refractivity contribution is -0.141. The van der Waals surface area contributed by atoms with Gasteiger partial charge >= 0.3 is 6.18 Å². The summed E-state index contributed by atoms with van der Waals surface area (Å²) in [6.07, 6.45) is -2.63. The van der Waals surface area contributed by atoms with Crippen molar-refractivity contribution in [2.75, 3.05) is 13.2 Å². The number of hydrogen-bond acceptors (Lipinski definition) is 4. The Morgan fingerprint density at radius 2 is 2.26 bits per heavy atom. The van der Waals surface area contributed by atoms with Crippen molar-refractivity contribution < 1.29 is 17.9 Å². The van der Waals surface area contributed by atoms with Gasteiger partial charge < -0.3 is 10.1 Å². The van der Waals surface area contributed by atoms with Crippen molar-refractivity contribution >= 4 is 0 Å². The molecule has 0 spiro atoms. The standard InChI is InChI=1S/C12H12F3N3O/c13-12(14,15)10-4-3-8(6-16)11(18-10)19-7-9-2-1-5-17-9/h3-4,9,17H,1-2,5,7H2. The van der Waals surface area contributed by atoms with Gasteiger partial charge in [0.15, 0.2) is 0 Å². The molecule has 102 valence electrons. The van der Waals surface area contributed by atoms with E-state index < -0.39 is 11.9 Å². The summed E-state index contributed by atoms with van der Waals surface area (Å²) in [4.78, 5) is 3.38. The molecule has 0 radical (unpaired) electrons. The van der Waals surface area contributed by atoms with Crippen LogP contribution in [0, 0.1) is 11.3 Å². The van der Waals surface area contributed by atoms with E-state index in [1.54, 1.807) is 6.07 Å². The van der Waals surface area contributed by atoms with Gasteiger partial charge in [-0.05, 0) is 31.5 Å². The molecular formula is C12H12F3N3O. The first-order valence-electron chi connectivity index (χ1n) is 5.85. The number of ether oxygens (including phenoxy) is 1. The number of rotatable bonds is 3. The molecule has 0 amide bonds. The molecule has 1 aromatic rings. The molecule has 2 rings (SSSR count). The molecule has 0 aromatic carbocycles. The van der Waals surface area contributed by atoms with E-state index in [4.69, 9.17) is 10.00 Å². The van der Waals surface area contributed by atoms with Crippen LogP contribution >= 0.6 is 0 Å². The van der Waals surface area contributed by atoms with Crippen molar-refractivity contribution in [2.45, 2.75) is 25.1 Å². The molecule has 0 bridgehead atoms. The summed E-state index contributed by atoms with van der Waals surface area (Å²) in [6.45, 7) is 1.08. The highest BCUT2D eigenvalue weighted by Gasteiger charge is 2.33. The molecule has 1 fully saturated rings. The summed E-state index contributed by atoms with van der Waals surface area (Å²) in [6, 6.07) is 3.73. The van der Waals surface area contributed by atoms with E-state index in [0.29, 0.717) is 0 Å². The molecule has 19 heavy (non-hydrogen) atoms. The van der Waals surface area contributed by atoms with Gasteiger partial charge in [-0.3, -0.25) is 0 Å². The SMILES string of the molecule is N#Cc1ccc(C(F)(F)F)nc1OCC1CCCN1. The van der Waals surface area contributed by atoms with Gasteiger partial charge in [0.25, 0.3) is 0 Å². The number of nitrogens with one attached hydrogen (secondary N) is 1. The van der Waals surface area contributed by atoms with Crippen LogP contribution in [0.2, 0.25) is 0 Å². The van der Waals surface area contributed by atoms with Crippen LogP contribution in [0.1, 0.15) is 24.1 Å². The number of halogens is 3. The van der Waals surface area contributed by atoms with Gasteiger partial charge in [-0.2, -0.15) is 18.4 Å². The first-order valence-corrected chi connectivity index (χ1v) is 5.85. The number of nitriles is 1. The van der Waals surface area contributed by atoms with Crippen molar-refractivity contribution in [3.63, 3.8) is 0 Å². The van der Waals surface area contributed by atoms with Crippen molar-refractivity contribution in [3.05, 3.63) is 23.4 Å². The van der Waals surface area contributed by atoms with E-state index in [9.17, 15) is 13.2 Å². The zero-order chi connectivity index (χ0) is 13.9. The second kappa shape index (κ2) is 5.45. The lowest BCUT2D eigenvalue weighted by atomic mass is 10.2. The molecule has 1 saturated heterocycles. The topological polar surface area (TPSA) is 57.9 Å². The third-order valence-electron chi connectivity index (χ3n) is 2.85. The Bertz CT molecular complexity index is 490. The van der Waals surface area contributed by atoms with Crippen LogP contribution < -0.4 is 10.1 Å². The summed E-state index contributed by atoms with van der Waals surface area (Å²) < 4.78 is 42.8. The fraction of sp³-hybridized carbons (Fsp3) is 0.500. The summed E-state index contributed by atoms with van der Waals surface area (Å²) in [5.41, 5.74) is -1.05. The molecule has 2 heterocycles. The first-order chi connectivity index (χ1) is 9.00. The van der Waals surface area contributed by atoms with E-state index in [0.717, 1.165) is 31.5 Å². The van der Waals surface area contributed by atoms with Crippen LogP contribution in [-0.2, 0) is 6.18 Å². The molecule has 4 nitrogen and oxygen atoms in total. The van der Waals surface area contributed by atoms with Gasteiger partial charge in [-0.25, -0.2) is 4.98 Å². The Morgan fingerprint density at radius 1 is 1.47 bits per heavy atom. The monoisotopic (exact) mass is 271 g/mol. The molecule has 1 aliphatic heterocycles. The number of nitrogens with zero attached hydrogens (tertiary/aromatic N) is 2. The molecule has 1 N–H and O–H groups in total. The van der Waals surface area contributed by atoms with Crippen LogP contribution in [0.25, 0.3) is 0 Å². The molecule has 0 saturated carbocycles. The number of pyridine rings is 1. The van der Waals surface area contributed by atoms with Crippen molar-refractivity contribution in [3.8, 4) is 11.9 Å². The largest absolute Gasteiger partial charge is 0.475 e. The highest BCUT2D eigenvalue weighted by atomic mass is 19.4. The van der Waals surface area contributed by atoms with Gasteiger partial charge in [-0.15, -0.1) is 0 Å². The third-order valence-corrected chi connectivity index (χ3v) is 2.85. The average Bonchev–Trinajstić information content (AvgIpc) is 2.88. The lowest BCUT2D eigenvalue weighted by Crippen LogP contribution is -2.28. The molecule has 1 aromatic heterocycles. The molecule has 1 unspecified atom stereocenters. The van der Waals surface area contributed by atoms with Crippen molar-refractivity contribution in [1.82, 2.24) is 10.3 Å². The molecular weight excluding hydrogens is 259 g/mol. The average molecular weight is 271 g/mol. The number of alkyl halides is 3. The number of aromatic nitrogens is 1. The minimum atomic E-state index is -4.54. The Hall–Kier alpha value is -1.81. The maximum atomic E-state index is 12.5. The Labute approximate surface area is 108 Å². The minimum Gasteiger partial charge on any atom is -0.475 e. The van der Waals surface area contributed by atoms with Gasteiger partial charge in [0.2, 0.25) is 5.88 Å². The van der Waals surface area contributed by atoms with Crippen molar-refractivity contribution in [1.29, 1.82) is 5.26 Å². The fourth-order valence-corrected chi connectivity index (χ4v) is 1.87. The predicted molar refractivity (Wildman–Crippen MR) is 60.5 cm³/mol. The van der Waals surface area contributed by atoms with Crippen LogP contribution in [0.4, 0.5) is 13.2 Å². The molecule has 0 aliphatic carbocycles. The zero-order valence-electron chi connectivity index (χ0n) is 10.00. The van der Waals surface area contributed by atoms with Crippen LogP contribution in [0.15, 0.2) is 12.1 Å². The quantitative estimate of drug-likeness (QED) is 0.914. The van der Waals surface area contributed by atoms with Gasteiger partial charge in [-0.1, -0.05) is 0 Å². The Kier molecular flexibility index (Phi) is 3.90. The second-order valence-electron chi connectivity index (χ2n) is 4.26. The maximum Gasteiger partial charge on any atom is 0.433 e. The van der Waals surface area contributed by atoms with E-state index in [2.05, 4.69) is 10.3 Å². The minimum absolute atomic E-state index is 0.00555. The van der Waals surface area contributed by atoms with Gasteiger partial charge in [0.05, 0.1) is 0 Å². The van der Waals surface area contributed by atoms with E-state index >= 15 is 0 Å². The second-order valence-corrected chi connectivity index (χ2v) is 4.26. The van der Waals surface area contributed by atoms with Crippen LogP contribution in [0.3, 0.4) is 0 Å². The third kappa shape index (κ3) is 3.35. The Morgan fingerprint density at radius 3 is 2.84 bits per heavy atom. The van der Waals surface area contributed by atoms with E-state index in [-0.39, 0.29) is 24.1 Å². The maximum absolute atomic E-state index is 12.5. The fourth-order valence-electron chi connectivity index (χ4n) is 1.87. The first kappa shape index (κ1) is 13.6. The zero-order valence-corrected chi connectivity index (χ0v) is 10.00. The lowest BCUT2D eigenvalue weighted by Gasteiger charge is -2.13. The summed E-state index contributed by atoms with van der Waals surface area (Å²) in [5.74, 6) is -0.258.